The lowest BCUT2D eigenvalue weighted by Crippen LogP contribution is -2.44. The van der Waals surface area contributed by atoms with E-state index < -0.39 is 0 Å². The van der Waals surface area contributed by atoms with Gasteiger partial charge in [0.15, 0.2) is 5.56 Å². The summed E-state index contributed by atoms with van der Waals surface area (Å²) in [7, 11) is 0. The second-order valence-corrected chi connectivity index (χ2v) is 6.76. The lowest BCUT2D eigenvalue weighted by molar-refractivity contribution is -0.709. The van der Waals surface area contributed by atoms with E-state index in [2.05, 4.69) is 4.98 Å². The fourth-order valence-corrected chi connectivity index (χ4v) is 3.89. The molecular formula is C20H19ClN3O2+. The van der Waals surface area contributed by atoms with Gasteiger partial charge in [0.25, 0.3) is 11.7 Å². The molecule has 5 nitrogen and oxygen atoms in total. The lowest BCUT2D eigenvalue weighted by Gasteiger charge is -2.14. The van der Waals surface area contributed by atoms with Crippen molar-refractivity contribution in [1.29, 1.82) is 0 Å². The zero-order valence-corrected chi connectivity index (χ0v) is 15.1. The molecule has 6 heteroatoms. The van der Waals surface area contributed by atoms with E-state index in [-0.39, 0.29) is 17.5 Å². The van der Waals surface area contributed by atoms with Gasteiger partial charge in [0.1, 0.15) is 11.2 Å². The third-order valence-electron chi connectivity index (χ3n) is 4.97. The van der Waals surface area contributed by atoms with E-state index in [1.54, 1.807) is 16.8 Å². The van der Waals surface area contributed by atoms with Crippen LogP contribution in [-0.4, -0.2) is 14.7 Å². The number of rotatable bonds is 3. The molecule has 1 aliphatic heterocycles. The average molecular weight is 369 g/mol. The van der Waals surface area contributed by atoms with Crippen LogP contribution >= 0.6 is 11.6 Å². The van der Waals surface area contributed by atoms with E-state index in [9.17, 15) is 9.90 Å². The molecule has 132 valence electrons. The first kappa shape index (κ1) is 16.8. The number of nitrogens with zero attached hydrogens (tertiary/aromatic N) is 3. The maximum absolute atomic E-state index is 13.3. The van der Waals surface area contributed by atoms with Gasteiger partial charge in [-0.15, -0.1) is 0 Å². The van der Waals surface area contributed by atoms with Crippen molar-refractivity contribution in [2.45, 2.75) is 32.4 Å². The number of aromatic nitrogens is 3. The van der Waals surface area contributed by atoms with Crippen LogP contribution in [0.5, 0.6) is 5.88 Å². The van der Waals surface area contributed by atoms with Crippen molar-refractivity contribution in [1.82, 2.24) is 9.55 Å². The predicted molar refractivity (Wildman–Crippen MR) is 99.4 cm³/mol. The zero-order chi connectivity index (χ0) is 18.3. The van der Waals surface area contributed by atoms with Crippen molar-refractivity contribution in [2.24, 2.45) is 0 Å². The summed E-state index contributed by atoms with van der Waals surface area (Å²) in [5, 5.41) is 11.2. The van der Waals surface area contributed by atoms with Crippen LogP contribution in [0.2, 0.25) is 5.15 Å². The minimum atomic E-state index is -0.175. The SMILES string of the molecule is CC[n+]1c(O)c(-c2ccccc2)c(=O)n2c1CCC2c1ccc(Cl)nc1. The van der Waals surface area contributed by atoms with E-state index in [0.29, 0.717) is 22.8 Å². The Balaban J connectivity index is 1.97. The van der Waals surface area contributed by atoms with Crippen molar-refractivity contribution >= 4 is 11.6 Å². The predicted octanol–water partition coefficient (Wildman–Crippen LogP) is 3.11. The third kappa shape index (κ3) is 2.59. The normalized spacial score (nSPS) is 15.8. The van der Waals surface area contributed by atoms with E-state index >= 15 is 0 Å². The quantitative estimate of drug-likeness (QED) is 0.571. The Kier molecular flexibility index (Phi) is 4.24. The number of fused-ring (bicyclic) bond motifs is 1. The smallest absolute Gasteiger partial charge is 0.349 e. The summed E-state index contributed by atoms with van der Waals surface area (Å²) < 4.78 is 3.63. The van der Waals surface area contributed by atoms with Gasteiger partial charge in [-0.05, 0) is 18.6 Å². The summed E-state index contributed by atoms with van der Waals surface area (Å²) in [4.78, 5) is 17.5. The molecule has 0 saturated heterocycles. The maximum atomic E-state index is 13.3. The molecule has 1 unspecified atom stereocenters. The molecule has 1 aromatic carbocycles. The van der Waals surface area contributed by atoms with Crippen LogP contribution in [0.3, 0.4) is 0 Å². The van der Waals surface area contributed by atoms with Crippen LogP contribution in [-0.2, 0) is 13.0 Å². The maximum Gasteiger partial charge on any atom is 0.349 e. The summed E-state index contributed by atoms with van der Waals surface area (Å²) >= 11 is 5.91. The van der Waals surface area contributed by atoms with Crippen molar-refractivity contribution in [3.63, 3.8) is 0 Å². The molecule has 0 bridgehead atoms. The highest BCUT2D eigenvalue weighted by molar-refractivity contribution is 6.29. The van der Waals surface area contributed by atoms with Gasteiger partial charge in [0.2, 0.25) is 0 Å². The van der Waals surface area contributed by atoms with Crippen LogP contribution in [0.1, 0.15) is 30.8 Å². The lowest BCUT2D eigenvalue weighted by atomic mass is 10.1. The van der Waals surface area contributed by atoms with Gasteiger partial charge < -0.3 is 5.11 Å². The number of aromatic hydroxyl groups is 1. The monoisotopic (exact) mass is 368 g/mol. The first-order valence-electron chi connectivity index (χ1n) is 8.68. The minimum absolute atomic E-state index is 0.0323. The molecule has 0 amide bonds. The minimum Gasteiger partial charge on any atom is -0.477 e. The van der Waals surface area contributed by atoms with Gasteiger partial charge in [0.05, 0.1) is 13.0 Å². The molecule has 3 heterocycles. The summed E-state index contributed by atoms with van der Waals surface area (Å²) in [6.45, 7) is 2.56. The van der Waals surface area contributed by atoms with Gasteiger partial charge >= 0.3 is 5.56 Å². The first-order valence-corrected chi connectivity index (χ1v) is 9.06. The van der Waals surface area contributed by atoms with Gasteiger partial charge in [-0.25, -0.2) is 9.78 Å². The molecule has 0 radical (unpaired) electrons. The van der Waals surface area contributed by atoms with Crippen LogP contribution < -0.4 is 10.1 Å². The second-order valence-electron chi connectivity index (χ2n) is 6.37. The number of hydrogen-bond acceptors (Lipinski definition) is 3. The molecule has 26 heavy (non-hydrogen) atoms. The highest BCUT2D eigenvalue weighted by atomic mass is 35.5. The zero-order valence-electron chi connectivity index (χ0n) is 14.4. The molecular weight excluding hydrogens is 350 g/mol. The van der Waals surface area contributed by atoms with Gasteiger partial charge in [-0.3, -0.25) is 0 Å². The summed E-state index contributed by atoms with van der Waals surface area (Å²) in [5.41, 5.74) is 1.82. The topological polar surface area (TPSA) is 59.0 Å². The van der Waals surface area contributed by atoms with E-state index in [4.69, 9.17) is 11.6 Å². The Labute approximate surface area is 156 Å². The molecule has 3 aromatic rings. The number of pyridine rings is 1. The number of halogens is 1. The molecule has 0 aliphatic carbocycles. The standard InChI is InChI=1S/C20H18ClN3O2/c1-2-23-17-11-9-15(14-8-10-16(21)22-12-14)24(17)20(26)18(19(23)25)13-6-4-3-5-7-13/h3-8,10,12,15H,2,9,11H2,1H3/p+1. The van der Waals surface area contributed by atoms with Gasteiger partial charge in [-0.1, -0.05) is 48.0 Å². The Morgan fingerprint density at radius 2 is 2.04 bits per heavy atom. The van der Waals surface area contributed by atoms with Gasteiger partial charge in [-0.2, -0.15) is 9.13 Å². The molecule has 4 rings (SSSR count). The van der Waals surface area contributed by atoms with Crippen molar-refractivity contribution in [2.75, 3.05) is 0 Å². The molecule has 0 spiro atoms. The Morgan fingerprint density at radius 1 is 1.27 bits per heavy atom. The highest BCUT2D eigenvalue weighted by Gasteiger charge is 2.38. The molecule has 0 saturated carbocycles. The fraction of sp³-hybridized carbons (Fsp3) is 0.250. The average Bonchev–Trinajstić information content (AvgIpc) is 3.09. The first-order chi connectivity index (χ1) is 12.6. The Hall–Kier alpha value is -2.66. The van der Waals surface area contributed by atoms with Crippen LogP contribution in [0, 0.1) is 0 Å². The number of hydrogen-bond donors (Lipinski definition) is 1. The Bertz CT molecular complexity index is 1010. The third-order valence-corrected chi connectivity index (χ3v) is 5.19. The molecule has 1 N–H and O–H groups in total. The summed E-state index contributed by atoms with van der Waals surface area (Å²) in [5.74, 6) is 0.875. The van der Waals surface area contributed by atoms with E-state index in [0.717, 1.165) is 24.2 Å². The largest absolute Gasteiger partial charge is 0.477 e. The Morgan fingerprint density at radius 3 is 2.69 bits per heavy atom. The highest BCUT2D eigenvalue weighted by Crippen LogP contribution is 2.32. The second kappa shape index (κ2) is 6.57. The molecule has 2 aromatic heterocycles. The molecule has 0 fully saturated rings. The summed E-state index contributed by atoms with van der Waals surface area (Å²) in [6, 6.07) is 12.9. The van der Waals surface area contributed by atoms with Crippen LogP contribution in [0.4, 0.5) is 0 Å². The number of benzene rings is 1. The van der Waals surface area contributed by atoms with Crippen molar-refractivity contribution in [3.05, 3.63) is 75.6 Å². The van der Waals surface area contributed by atoms with E-state index in [1.807, 2.05) is 47.9 Å². The molecule has 1 atom stereocenters. The van der Waals surface area contributed by atoms with E-state index in [1.165, 1.54) is 0 Å². The van der Waals surface area contributed by atoms with Crippen LogP contribution in [0.15, 0.2) is 53.5 Å². The van der Waals surface area contributed by atoms with Crippen molar-refractivity contribution in [3.8, 4) is 17.0 Å². The fourth-order valence-electron chi connectivity index (χ4n) is 3.78. The van der Waals surface area contributed by atoms with Gasteiger partial charge in [0, 0.05) is 18.2 Å². The molecule has 1 aliphatic rings. The van der Waals surface area contributed by atoms with Crippen LogP contribution in [0.25, 0.3) is 11.1 Å². The summed E-state index contributed by atoms with van der Waals surface area (Å²) in [6.07, 6.45) is 3.23. The van der Waals surface area contributed by atoms with Crippen molar-refractivity contribution < 1.29 is 9.67 Å².